The number of alkyl halides is 6. The first kappa shape index (κ1) is 22.8. The van der Waals surface area contributed by atoms with Crippen LogP contribution in [0.5, 0.6) is 0 Å². The van der Waals surface area contributed by atoms with E-state index in [2.05, 4.69) is 9.97 Å². The standard InChI is InChI=1S/C20H13ClF7N3/c1-31(13-3-4-16(21)14(9-13)19(23,24)25)18-8-12(29-10-30-18)6-11-2-5-17(22)15(7-11)20(26,27)28/h2-5,7-10H,6H2,1H3. The van der Waals surface area contributed by atoms with Crippen LogP contribution in [0, 0.1) is 5.82 Å². The Balaban J connectivity index is 1.89. The van der Waals surface area contributed by atoms with Crippen LogP contribution < -0.4 is 4.90 Å². The Hall–Kier alpha value is -2.88. The zero-order valence-corrected chi connectivity index (χ0v) is 16.4. The fraction of sp³-hybridized carbons (Fsp3) is 0.200. The molecule has 0 saturated heterocycles. The highest BCUT2D eigenvalue weighted by atomic mass is 35.5. The molecule has 1 aromatic heterocycles. The number of aromatic nitrogens is 2. The number of nitrogens with zero attached hydrogens (tertiary/aromatic N) is 3. The first-order chi connectivity index (χ1) is 14.4. The minimum Gasteiger partial charge on any atom is -0.329 e. The number of benzene rings is 2. The predicted octanol–water partition coefficient (Wildman–Crippen LogP) is 6.67. The highest BCUT2D eigenvalue weighted by Crippen LogP contribution is 2.38. The van der Waals surface area contributed by atoms with E-state index in [1.165, 1.54) is 30.1 Å². The van der Waals surface area contributed by atoms with Gasteiger partial charge in [-0.25, -0.2) is 14.4 Å². The molecular weight excluding hydrogens is 451 g/mol. The van der Waals surface area contributed by atoms with Crippen molar-refractivity contribution in [3.05, 3.63) is 82.0 Å². The number of halogens is 8. The van der Waals surface area contributed by atoms with Crippen LogP contribution >= 0.6 is 11.6 Å². The van der Waals surface area contributed by atoms with Crippen molar-refractivity contribution in [1.82, 2.24) is 9.97 Å². The monoisotopic (exact) mass is 463 g/mol. The summed E-state index contributed by atoms with van der Waals surface area (Å²) in [5.74, 6) is -1.18. The molecule has 3 nitrogen and oxygen atoms in total. The minimum absolute atomic E-state index is 0.0683. The smallest absolute Gasteiger partial charge is 0.329 e. The van der Waals surface area contributed by atoms with E-state index >= 15 is 0 Å². The molecule has 2 aromatic carbocycles. The molecule has 0 spiro atoms. The van der Waals surface area contributed by atoms with E-state index in [0.717, 1.165) is 24.5 Å². The summed E-state index contributed by atoms with van der Waals surface area (Å²) in [7, 11) is 1.47. The van der Waals surface area contributed by atoms with Crippen molar-refractivity contribution in [2.45, 2.75) is 18.8 Å². The molecule has 0 unspecified atom stereocenters. The van der Waals surface area contributed by atoms with Crippen molar-refractivity contribution in [2.24, 2.45) is 0 Å². The Bertz CT molecular complexity index is 1100. The van der Waals surface area contributed by atoms with Crippen molar-refractivity contribution < 1.29 is 30.7 Å². The molecule has 0 amide bonds. The van der Waals surface area contributed by atoms with Crippen LogP contribution in [0.1, 0.15) is 22.4 Å². The third-order valence-corrected chi connectivity index (χ3v) is 4.75. The zero-order chi connectivity index (χ0) is 23.0. The maximum Gasteiger partial charge on any atom is 0.419 e. The van der Waals surface area contributed by atoms with Gasteiger partial charge in [-0.3, -0.25) is 0 Å². The molecule has 11 heteroatoms. The van der Waals surface area contributed by atoms with Gasteiger partial charge < -0.3 is 4.90 Å². The fourth-order valence-electron chi connectivity index (χ4n) is 2.85. The van der Waals surface area contributed by atoms with E-state index in [4.69, 9.17) is 11.6 Å². The van der Waals surface area contributed by atoms with Crippen LogP contribution in [0.3, 0.4) is 0 Å². The molecule has 0 aliphatic carbocycles. The average Bonchev–Trinajstić information content (AvgIpc) is 2.68. The second-order valence-corrected chi connectivity index (χ2v) is 6.98. The van der Waals surface area contributed by atoms with Crippen molar-refractivity contribution in [1.29, 1.82) is 0 Å². The molecule has 164 valence electrons. The van der Waals surface area contributed by atoms with E-state index in [0.29, 0.717) is 11.8 Å². The summed E-state index contributed by atoms with van der Waals surface area (Å²) in [5.41, 5.74) is -1.81. The van der Waals surface area contributed by atoms with Gasteiger partial charge >= 0.3 is 12.4 Å². The van der Waals surface area contributed by atoms with Crippen LogP contribution in [0.2, 0.25) is 5.02 Å². The summed E-state index contributed by atoms with van der Waals surface area (Å²) < 4.78 is 91.5. The highest BCUT2D eigenvalue weighted by Gasteiger charge is 2.35. The van der Waals surface area contributed by atoms with Gasteiger partial charge in [0.15, 0.2) is 0 Å². The third kappa shape index (κ3) is 5.25. The van der Waals surface area contributed by atoms with E-state index in [1.54, 1.807) is 0 Å². The molecule has 0 aliphatic rings. The minimum atomic E-state index is -4.85. The van der Waals surface area contributed by atoms with Crippen LogP contribution in [-0.4, -0.2) is 17.0 Å². The Labute approximate surface area is 177 Å². The summed E-state index contributed by atoms with van der Waals surface area (Å²) in [4.78, 5) is 9.33. The Morgan fingerprint density at radius 2 is 1.55 bits per heavy atom. The van der Waals surface area contributed by atoms with Crippen molar-refractivity contribution in [3.63, 3.8) is 0 Å². The molecule has 0 atom stereocenters. The lowest BCUT2D eigenvalue weighted by Gasteiger charge is -2.20. The maximum absolute atomic E-state index is 13.5. The first-order valence-electron chi connectivity index (χ1n) is 8.63. The summed E-state index contributed by atoms with van der Waals surface area (Å²) in [6.07, 6.45) is -8.43. The molecule has 3 aromatic rings. The van der Waals surface area contributed by atoms with Gasteiger partial charge in [0, 0.05) is 25.2 Å². The summed E-state index contributed by atoms with van der Waals surface area (Å²) in [6, 6.07) is 7.36. The Kier molecular flexibility index (Phi) is 6.13. The molecule has 31 heavy (non-hydrogen) atoms. The van der Waals surface area contributed by atoms with E-state index < -0.39 is 34.3 Å². The van der Waals surface area contributed by atoms with Gasteiger partial charge in [-0.2, -0.15) is 26.3 Å². The number of anilines is 2. The molecule has 0 bridgehead atoms. The van der Waals surface area contributed by atoms with Gasteiger partial charge in [-0.05, 0) is 35.9 Å². The van der Waals surface area contributed by atoms with Gasteiger partial charge in [0.2, 0.25) is 0 Å². The molecular formula is C20H13ClF7N3. The van der Waals surface area contributed by atoms with Crippen LogP contribution in [0.25, 0.3) is 0 Å². The van der Waals surface area contributed by atoms with Gasteiger partial charge in [0.05, 0.1) is 21.8 Å². The maximum atomic E-state index is 13.5. The number of hydrogen-bond acceptors (Lipinski definition) is 3. The molecule has 0 saturated carbocycles. The van der Waals surface area contributed by atoms with Crippen molar-refractivity contribution >= 4 is 23.1 Å². The Morgan fingerprint density at radius 1 is 0.871 bits per heavy atom. The second kappa shape index (κ2) is 8.33. The number of hydrogen-bond donors (Lipinski definition) is 0. The van der Waals surface area contributed by atoms with Crippen molar-refractivity contribution in [2.75, 3.05) is 11.9 Å². The topological polar surface area (TPSA) is 29.0 Å². The van der Waals surface area contributed by atoms with E-state index in [9.17, 15) is 30.7 Å². The predicted molar refractivity (Wildman–Crippen MR) is 101 cm³/mol. The Morgan fingerprint density at radius 3 is 2.19 bits per heavy atom. The van der Waals surface area contributed by atoms with Gasteiger partial charge in [0.1, 0.15) is 18.0 Å². The van der Waals surface area contributed by atoms with Crippen LogP contribution in [0.4, 0.5) is 42.2 Å². The van der Waals surface area contributed by atoms with Crippen LogP contribution in [0.15, 0.2) is 48.8 Å². The lowest BCUT2D eigenvalue weighted by atomic mass is 10.1. The van der Waals surface area contributed by atoms with Gasteiger partial charge in [0.25, 0.3) is 0 Å². The number of rotatable bonds is 4. The van der Waals surface area contributed by atoms with Crippen LogP contribution in [-0.2, 0) is 18.8 Å². The first-order valence-corrected chi connectivity index (χ1v) is 9.01. The van der Waals surface area contributed by atoms with Gasteiger partial charge in [-0.15, -0.1) is 0 Å². The van der Waals surface area contributed by atoms with E-state index in [1.807, 2.05) is 0 Å². The second-order valence-electron chi connectivity index (χ2n) is 6.58. The largest absolute Gasteiger partial charge is 0.419 e. The fourth-order valence-corrected chi connectivity index (χ4v) is 3.07. The molecule has 0 fully saturated rings. The quantitative estimate of drug-likeness (QED) is 0.405. The molecule has 0 N–H and O–H groups in total. The van der Waals surface area contributed by atoms with Gasteiger partial charge in [-0.1, -0.05) is 17.7 Å². The third-order valence-electron chi connectivity index (χ3n) is 4.42. The summed E-state index contributed by atoms with van der Waals surface area (Å²) >= 11 is 5.63. The molecule has 0 aliphatic heterocycles. The molecule has 0 radical (unpaired) electrons. The lowest BCUT2D eigenvalue weighted by molar-refractivity contribution is -0.140. The lowest BCUT2D eigenvalue weighted by Crippen LogP contribution is -2.14. The highest BCUT2D eigenvalue weighted by molar-refractivity contribution is 6.31. The van der Waals surface area contributed by atoms with Crippen molar-refractivity contribution in [3.8, 4) is 0 Å². The summed E-state index contributed by atoms with van der Waals surface area (Å²) in [6.45, 7) is 0. The normalized spacial score (nSPS) is 12.2. The van der Waals surface area contributed by atoms with E-state index in [-0.39, 0.29) is 23.5 Å². The zero-order valence-electron chi connectivity index (χ0n) is 15.7. The SMILES string of the molecule is CN(c1ccc(Cl)c(C(F)(F)F)c1)c1cc(Cc2ccc(F)c(C(F)(F)F)c2)ncn1. The molecule has 1 heterocycles. The average molecular weight is 464 g/mol. The summed E-state index contributed by atoms with van der Waals surface area (Å²) in [5, 5.41) is -0.454. The molecule has 3 rings (SSSR count).